The molecule has 0 amide bonds. The Morgan fingerprint density at radius 3 is 1.46 bits per heavy atom. The fourth-order valence-corrected chi connectivity index (χ4v) is 1.49. The first kappa shape index (κ1) is 21.9. The van der Waals surface area contributed by atoms with Crippen LogP contribution in [0.25, 0.3) is 11.3 Å². The van der Waals surface area contributed by atoms with E-state index < -0.39 is 14.5 Å². The lowest BCUT2D eigenvalue weighted by atomic mass is 10.2. The second-order valence-electron chi connectivity index (χ2n) is 4.44. The molecule has 2 aromatic heterocycles. The van der Waals surface area contributed by atoms with E-state index in [1.54, 1.807) is 0 Å². The summed E-state index contributed by atoms with van der Waals surface area (Å²) < 4.78 is 82.2. The van der Waals surface area contributed by atoms with Gasteiger partial charge in [-0.05, 0) is 6.07 Å². The van der Waals surface area contributed by atoms with Crippen LogP contribution in [0.1, 0.15) is 0 Å². The van der Waals surface area contributed by atoms with Crippen LogP contribution in [0.15, 0.2) is 48.9 Å². The van der Waals surface area contributed by atoms with Crippen molar-refractivity contribution in [1.82, 2.24) is 0 Å². The van der Waals surface area contributed by atoms with E-state index in [1.807, 2.05) is 17.7 Å². The fourth-order valence-electron chi connectivity index (χ4n) is 1.49. The minimum Gasteiger partial charge on any atom is -0.418 e. The minimum atomic E-state index is -6.00. The number of halogens is 8. The zero-order valence-corrected chi connectivity index (χ0v) is 12.7. The number of hydrogen-bond donors (Lipinski definition) is 0. The summed E-state index contributed by atoms with van der Waals surface area (Å²) in [6, 6.07) is 10.5. The Morgan fingerprint density at radius 2 is 1.08 bits per heavy atom. The van der Waals surface area contributed by atoms with Gasteiger partial charge in [-0.15, -0.1) is 0 Å². The third-order valence-electron chi connectivity index (χ3n) is 2.33. The van der Waals surface area contributed by atoms with Gasteiger partial charge >= 0.3 is 14.5 Å². The maximum atomic E-state index is 9.75. The Kier molecular flexibility index (Phi) is 8.42. The minimum absolute atomic E-state index is 1.23. The summed E-state index contributed by atoms with van der Waals surface area (Å²) in [5.74, 6) is 0. The first-order valence-electron chi connectivity index (χ1n) is 6.42. The second kappa shape index (κ2) is 9.24. The van der Waals surface area contributed by atoms with Gasteiger partial charge in [0.05, 0.1) is 5.56 Å². The van der Waals surface area contributed by atoms with Crippen molar-refractivity contribution in [2.24, 2.45) is 14.1 Å². The monoisotopic (exact) mass is 360 g/mol. The molecule has 2 heterocycles. The van der Waals surface area contributed by atoms with Crippen LogP contribution in [-0.2, 0) is 14.1 Å². The lowest BCUT2D eigenvalue weighted by Crippen LogP contribution is -2.31. The number of nitrogens with zero attached hydrogens (tertiary/aromatic N) is 2. The van der Waals surface area contributed by atoms with Crippen molar-refractivity contribution in [1.29, 1.82) is 0 Å². The Labute approximate surface area is 133 Å². The molecule has 0 fully saturated rings. The lowest BCUT2D eigenvalue weighted by Gasteiger charge is -1.97. The van der Waals surface area contributed by atoms with Crippen molar-refractivity contribution in [3.8, 4) is 11.3 Å². The predicted octanol–water partition coefficient (Wildman–Crippen LogP) is 3.60. The van der Waals surface area contributed by atoms with E-state index in [0.717, 1.165) is 0 Å². The maximum absolute atomic E-state index is 9.75. The summed E-state index contributed by atoms with van der Waals surface area (Å²) >= 11 is 0. The van der Waals surface area contributed by atoms with Crippen LogP contribution in [0.4, 0.5) is 34.5 Å². The molecule has 2 aromatic rings. The molecule has 0 radical (unpaired) electrons. The molecule has 0 aromatic carbocycles. The highest BCUT2D eigenvalue weighted by molar-refractivity contribution is 6.50. The quantitative estimate of drug-likeness (QED) is 0.417. The standard InChI is InChI=1S/C12H14N2.2BF4/c1-13-9-6-11(7-10-13)12-5-3-4-8-14(12)2;2*2-1(3,4)5/h3-10H,1-2H3;;/q+2;2*-1. The molecule has 0 aliphatic rings. The second-order valence-corrected chi connectivity index (χ2v) is 4.44. The topological polar surface area (TPSA) is 7.76 Å². The van der Waals surface area contributed by atoms with Crippen LogP contribution in [0.2, 0.25) is 0 Å². The molecule has 0 saturated carbocycles. The summed E-state index contributed by atoms with van der Waals surface area (Å²) in [5, 5.41) is 0. The summed E-state index contributed by atoms with van der Waals surface area (Å²) in [5.41, 5.74) is 2.47. The molecule has 2 nitrogen and oxygen atoms in total. The van der Waals surface area contributed by atoms with Gasteiger partial charge in [-0.3, -0.25) is 0 Å². The molecule has 0 saturated heterocycles. The van der Waals surface area contributed by atoms with Gasteiger partial charge in [0.25, 0.3) is 0 Å². The zero-order chi connectivity index (χ0) is 19.0. The molecular formula is C12H14B2F8N2. The molecule has 0 N–H and O–H groups in total. The molecule has 24 heavy (non-hydrogen) atoms. The van der Waals surface area contributed by atoms with Crippen molar-refractivity contribution in [3.63, 3.8) is 0 Å². The van der Waals surface area contributed by atoms with Crippen LogP contribution in [0, 0.1) is 0 Å². The van der Waals surface area contributed by atoms with E-state index >= 15 is 0 Å². The van der Waals surface area contributed by atoms with Crippen molar-refractivity contribution < 1.29 is 43.7 Å². The van der Waals surface area contributed by atoms with Gasteiger partial charge in [0.2, 0.25) is 5.69 Å². The highest BCUT2D eigenvalue weighted by Gasteiger charge is 2.21. The van der Waals surface area contributed by atoms with Crippen LogP contribution < -0.4 is 9.13 Å². The number of pyridine rings is 2. The maximum Gasteiger partial charge on any atom is 0.673 e. The molecule has 0 atom stereocenters. The Hall–Kier alpha value is -2.13. The zero-order valence-electron chi connectivity index (χ0n) is 12.7. The molecular weight excluding hydrogens is 346 g/mol. The lowest BCUT2D eigenvalue weighted by molar-refractivity contribution is -0.672. The number of rotatable bonds is 1. The van der Waals surface area contributed by atoms with Crippen molar-refractivity contribution in [2.45, 2.75) is 0 Å². The van der Waals surface area contributed by atoms with Crippen LogP contribution in [0.3, 0.4) is 0 Å². The van der Waals surface area contributed by atoms with Gasteiger partial charge in [0.1, 0.15) is 14.1 Å². The van der Waals surface area contributed by atoms with Gasteiger partial charge in [0, 0.05) is 24.3 Å². The van der Waals surface area contributed by atoms with Crippen LogP contribution >= 0.6 is 0 Å². The first-order chi connectivity index (χ1) is 10.8. The largest absolute Gasteiger partial charge is 0.673 e. The van der Waals surface area contributed by atoms with E-state index in [-0.39, 0.29) is 0 Å². The average Bonchev–Trinajstić information content (AvgIpc) is 2.37. The molecule has 134 valence electrons. The summed E-state index contributed by atoms with van der Waals surface area (Å²) in [4.78, 5) is 0. The van der Waals surface area contributed by atoms with Crippen molar-refractivity contribution in [2.75, 3.05) is 0 Å². The summed E-state index contributed by atoms with van der Waals surface area (Å²) in [7, 11) is -7.92. The van der Waals surface area contributed by atoms with Gasteiger partial charge in [-0.25, -0.2) is 9.13 Å². The van der Waals surface area contributed by atoms with Crippen LogP contribution in [-0.4, -0.2) is 14.5 Å². The van der Waals surface area contributed by atoms with Gasteiger partial charge in [0.15, 0.2) is 18.6 Å². The van der Waals surface area contributed by atoms with E-state index in [0.29, 0.717) is 0 Å². The van der Waals surface area contributed by atoms with Gasteiger partial charge < -0.3 is 34.5 Å². The smallest absolute Gasteiger partial charge is 0.418 e. The summed E-state index contributed by atoms with van der Waals surface area (Å²) in [6.45, 7) is 0. The number of aryl methyl sites for hydroxylation is 2. The van der Waals surface area contributed by atoms with Crippen molar-refractivity contribution >= 4 is 14.5 Å². The number of aromatic nitrogens is 2. The number of hydrogen-bond acceptors (Lipinski definition) is 0. The molecule has 0 bridgehead atoms. The molecule has 0 aliphatic heterocycles. The highest BCUT2D eigenvalue weighted by Crippen LogP contribution is 2.11. The van der Waals surface area contributed by atoms with Gasteiger partial charge in [-0.1, -0.05) is 0 Å². The molecule has 0 unspecified atom stereocenters. The van der Waals surface area contributed by atoms with E-state index in [2.05, 4.69) is 54.5 Å². The third-order valence-corrected chi connectivity index (χ3v) is 2.33. The fraction of sp³-hybridized carbons (Fsp3) is 0.167. The molecule has 2 rings (SSSR count). The van der Waals surface area contributed by atoms with Gasteiger partial charge in [-0.2, -0.15) is 0 Å². The SMILES string of the molecule is C[n+]1ccc(-c2cccc[n+]2C)cc1.F[B-](F)(F)F.F[B-](F)(F)F. The van der Waals surface area contributed by atoms with E-state index in [9.17, 15) is 34.5 Å². The van der Waals surface area contributed by atoms with Crippen molar-refractivity contribution in [3.05, 3.63) is 48.9 Å². The van der Waals surface area contributed by atoms with E-state index in [1.165, 1.54) is 11.3 Å². The highest BCUT2D eigenvalue weighted by atomic mass is 19.5. The Balaban J connectivity index is 0.000000442. The van der Waals surface area contributed by atoms with Crippen LogP contribution in [0.5, 0.6) is 0 Å². The van der Waals surface area contributed by atoms with E-state index in [4.69, 9.17) is 0 Å². The Morgan fingerprint density at radius 1 is 0.667 bits per heavy atom. The Bertz CT molecular complexity index is 590. The molecule has 0 aliphatic carbocycles. The third kappa shape index (κ3) is 13.5. The first-order valence-corrected chi connectivity index (χ1v) is 6.42. The average molecular weight is 360 g/mol. The normalized spacial score (nSPS) is 10.9. The summed E-state index contributed by atoms with van der Waals surface area (Å²) in [6.07, 6.45) is 6.17. The predicted molar refractivity (Wildman–Crippen MR) is 74.6 cm³/mol. The molecule has 12 heteroatoms. The molecule has 0 spiro atoms.